The molecular formula is C17H20N2O5S. The van der Waals surface area contributed by atoms with Gasteiger partial charge >= 0.3 is 0 Å². The molecule has 0 aliphatic rings. The van der Waals surface area contributed by atoms with Gasteiger partial charge in [-0.1, -0.05) is 18.2 Å². The Bertz CT molecular complexity index is 822. The molecule has 2 N–H and O–H groups in total. The van der Waals surface area contributed by atoms with Gasteiger partial charge in [0.2, 0.25) is 15.9 Å². The summed E-state index contributed by atoms with van der Waals surface area (Å²) in [5.74, 6) is 0.659. The van der Waals surface area contributed by atoms with Gasteiger partial charge in [-0.15, -0.1) is 0 Å². The lowest BCUT2D eigenvalue weighted by Crippen LogP contribution is -2.28. The Hall–Kier alpha value is -2.58. The molecule has 1 amide bonds. The molecule has 2 aromatic rings. The van der Waals surface area contributed by atoms with Crippen LogP contribution in [0.5, 0.6) is 11.5 Å². The van der Waals surface area contributed by atoms with Gasteiger partial charge in [0.05, 0.1) is 17.7 Å². The lowest BCUT2D eigenvalue weighted by atomic mass is 10.3. The molecule has 0 radical (unpaired) electrons. The highest BCUT2D eigenvalue weighted by Gasteiger charge is 2.16. The minimum atomic E-state index is -3.72. The van der Waals surface area contributed by atoms with E-state index in [9.17, 15) is 13.2 Å². The van der Waals surface area contributed by atoms with Crippen LogP contribution < -0.4 is 19.5 Å². The molecule has 7 nitrogen and oxygen atoms in total. The quantitative estimate of drug-likeness (QED) is 0.699. The van der Waals surface area contributed by atoms with Gasteiger partial charge in [0.1, 0.15) is 18.1 Å². The van der Waals surface area contributed by atoms with Crippen LogP contribution in [-0.4, -0.2) is 34.6 Å². The molecule has 2 rings (SSSR count). The predicted octanol–water partition coefficient (Wildman–Crippen LogP) is 2.01. The van der Waals surface area contributed by atoms with Gasteiger partial charge in [-0.25, -0.2) is 13.1 Å². The number of hydrogen-bond acceptors (Lipinski definition) is 5. The number of carbonyl (C=O) groups excluding carboxylic acids is 1. The molecular weight excluding hydrogens is 344 g/mol. The third kappa shape index (κ3) is 5.47. The van der Waals surface area contributed by atoms with Crippen molar-refractivity contribution in [3.63, 3.8) is 0 Å². The third-order valence-corrected chi connectivity index (χ3v) is 4.66. The van der Waals surface area contributed by atoms with E-state index in [1.165, 1.54) is 32.2 Å². The molecule has 0 spiro atoms. The van der Waals surface area contributed by atoms with Gasteiger partial charge in [0.15, 0.2) is 0 Å². The number of rotatable bonds is 8. The van der Waals surface area contributed by atoms with E-state index in [-0.39, 0.29) is 29.7 Å². The topological polar surface area (TPSA) is 93.7 Å². The maximum absolute atomic E-state index is 12.3. The molecule has 0 saturated carbocycles. The summed E-state index contributed by atoms with van der Waals surface area (Å²) < 4.78 is 37.7. The average molecular weight is 364 g/mol. The molecule has 0 bridgehead atoms. The lowest BCUT2D eigenvalue weighted by Gasteiger charge is -2.12. The molecule has 0 aromatic heterocycles. The van der Waals surface area contributed by atoms with E-state index in [2.05, 4.69) is 10.0 Å². The molecule has 25 heavy (non-hydrogen) atoms. The maximum Gasteiger partial charge on any atom is 0.240 e. The Balaban J connectivity index is 1.99. The number of sulfonamides is 1. The highest BCUT2D eigenvalue weighted by Crippen LogP contribution is 2.27. The first-order valence-corrected chi connectivity index (χ1v) is 9.04. The first kappa shape index (κ1) is 18.8. The van der Waals surface area contributed by atoms with Crippen LogP contribution in [0.15, 0.2) is 53.4 Å². The Morgan fingerprint density at radius 2 is 1.84 bits per heavy atom. The monoisotopic (exact) mass is 364 g/mol. The number of ether oxygens (including phenoxy) is 2. The van der Waals surface area contributed by atoms with Gasteiger partial charge < -0.3 is 14.8 Å². The molecule has 0 atom stereocenters. The van der Waals surface area contributed by atoms with Gasteiger partial charge in [0, 0.05) is 19.5 Å². The number of amides is 1. The predicted molar refractivity (Wildman–Crippen MR) is 94.4 cm³/mol. The van der Waals surface area contributed by atoms with E-state index < -0.39 is 10.0 Å². The minimum Gasteiger partial charge on any atom is -0.495 e. The number of hydrogen-bond donors (Lipinski definition) is 2. The van der Waals surface area contributed by atoms with Crippen molar-refractivity contribution in [2.24, 2.45) is 0 Å². The van der Waals surface area contributed by atoms with Crippen molar-refractivity contribution in [2.75, 3.05) is 25.6 Å². The first-order valence-electron chi connectivity index (χ1n) is 7.55. The summed E-state index contributed by atoms with van der Waals surface area (Å²) in [6, 6.07) is 13.4. The fourth-order valence-electron chi connectivity index (χ4n) is 2.08. The number of carbonyl (C=O) groups is 1. The molecule has 0 saturated heterocycles. The van der Waals surface area contributed by atoms with Crippen molar-refractivity contribution in [3.8, 4) is 11.5 Å². The zero-order chi connectivity index (χ0) is 18.3. The van der Waals surface area contributed by atoms with Crippen molar-refractivity contribution in [1.29, 1.82) is 0 Å². The Morgan fingerprint density at radius 1 is 1.12 bits per heavy atom. The SMILES string of the molecule is COc1cc(S(=O)(=O)NCCOc2ccccc2)ccc1NC(C)=O. The largest absolute Gasteiger partial charge is 0.495 e. The van der Waals surface area contributed by atoms with E-state index in [1.54, 1.807) is 12.1 Å². The summed E-state index contributed by atoms with van der Waals surface area (Å²) in [4.78, 5) is 11.2. The molecule has 2 aromatic carbocycles. The van der Waals surface area contributed by atoms with Gasteiger partial charge in [-0.2, -0.15) is 0 Å². The molecule has 8 heteroatoms. The van der Waals surface area contributed by atoms with Crippen molar-refractivity contribution in [2.45, 2.75) is 11.8 Å². The summed E-state index contributed by atoms with van der Waals surface area (Å²) in [5.41, 5.74) is 0.404. The van der Waals surface area contributed by atoms with Crippen molar-refractivity contribution in [3.05, 3.63) is 48.5 Å². The normalized spacial score (nSPS) is 11.0. The first-order chi connectivity index (χ1) is 11.9. The molecule has 0 fully saturated rings. The maximum atomic E-state index is 12.3. The van der Waals surface area contributed by atoms with Crippen LogP contribution in [0, 0.1) is 0 Å². The minimum absolute atomic E-state index is 0.0400. The van der Waals surface area contributed by atoms with E-state index in [1.807, 2.05) is 18.2 Å². The summed E-state index contributed by atoms with van der Waals surface area (Å²) >= 11 is 0. The van der Waals surface area contributed by atoms with Crippen LogP contribution in [0.1, 0.15) is 6.92 Å². The number of methoxy groups -OCH3 is 1. The number of para-hydroxylation sites is 1. The van der Waals surface area contributed by atoms with Crippen molar-refractivity contribution < 1.29 is 22.7 Å². The summed E-state index contributed by atoms with van der Waals surface area (Å²) in [6.07, 6.45) is 0. The van der Waals surface area contributed by atoms with E-state index >= 15 is 0 Å². The number of anilines is 1. The van der Waals surface area contributed by atoms with Gasteiger partial charge in [0.25, 0.3) is 0 Å². The van der Waals surface area contributed by atoms with E-state index in [0.717, 1.165) is 0 Å². The Labute approximate surface area is 147 Å². The van der Waals surface area contributed by atoms with Crippen LogP contribution in [0.25, 0.3) is 0 Å². The Morgan fingerprint density at radius 3 is 2.48 bits per heavy atom. The average Bonchev–Trinajstić information content (AvgIpc) is 2.59. The molecule has 0 heterocycles. The zero-order valence-corrected chi connectivity index (χ0v) is 14.8. The van der Waals surface area contributed by atoms with E-state index in [4.69, 9.17) is 9.47 Å². The lowest BCUT2D eigenvalue weighted by molar-refractivity contribution is -0.114. The van der Waals surface area contributed by atoms with E-state index in [0.29, 0.717) is 11.4 Å². The number of benzene rings is 2. The van der Waals surface area contributed by atoms with Crippen LogP contribution in [-0.2, 0) is 14.8 Å². The summed E-state index contributed by atoms with van der Waals surface area (Å²) in [7, 11) is -2.31. The van der Waals surface area contributed by atoms with Gasteiger partial charge in [-0.3, -0.25) is 4.79 Å². The highest BCUT2D eigenvalue weighted by molar-refractivity contribution is 7.89. The van der Waals surface area contributed by atoms with Crippen LogP contribution >= 0.6 is 0 Å². The second-order valence-corrected chi connectivity index (χ2v) is 6.87. The summed E-state index contributed by atoms with van der Waals surface area (Å²) in [5, 5.41) is 2.57. The third-order valence-electron chi connectivity index (χ3n) is 3.20. The standard InChI is InChI=1S/C17H20N2O5S/c1-13(20)19-16-9-8-15(12-17(16)23-2)25(21,22)18-10-11-24-14-6-4-3-5-7-14/h3-9,12,18H,10-11H2,1-2H3,(H,19,20). The number of nitrogens with one attached hydrogen (secondary N) is 2. The van der Waals surface area contributed by atoms with Crippen LogP contribution in [0.3, 0.4) is 0 Å². The Kier molecular flexibility index (Phi) is 6.37. The summed E-state index contributed by atoms with van der Waals surface area (Å²) in [6.45, 7) is 1.68. The van der Waals surface area contributed by atoms with Gasteiger partial charge in [-0.05, 0) is 24.3 Å². The second-order valence-electron chi connectivity index (χ2n) is 5.10. The molecule has 0 aliphatic heterocycles. The van der Waals surface area contributed by atoms with Crippen LogP contribution in [0.4, 0.5) is 5.69 Å². The fraction of sp³-hybridized carbons (Fsp3) is 0.235. The molecule has 0 unspecified atom stereocenters. The fourth-order valence-corrected chi connectivity index (χ4v) is 3.10. The zero-order valence-electron chi connectivity index (χ0n) is 14.0. The van der Waals surface area contributed by atoms with Crippen molar-refractivity contribution >= 4 is 21.6 Å². The smallest absolute Gasteiger partial charge is 0.240 e. The van der Waals surface area contributed by atoms with Crippen LogP contribution in [0.2, 0.25) is 0 Å². The molecule has 0 aliphatic carbocycles. The highest BCUT2D eigenvalue weighted by atomic mass is 32.2. The second kappa shape index (κ2) is 8.50. The molecule has 134 valence electrons. The van der Waals surface area contributed by atoms with Crippen molar-refractivity contribution in [1.82, 2.24) is 4.72 Å².